The molecule has 2 atom stereocenters. The fraction of sp³-hybridized carbons (Fsp3) is 0.478. The molecule has 3 nitrogen and oxygen atoms in total. The predicted octanol–water partition coefficient (Wildman–Crippen LogP) is 3.17. The summed E-state index contributed by atoms with van der Waals surface area (Å²) in [6.45, 7) is 6.52. The molecule has 26 heavy (non-hydrogen) atoms. The Morgan fingerprint density at radius 3 is 2.19 bits per heavy atom. The topological polar surface area (TPSA) is 26.7 Å². The first kappa shape index (κ1) is 16.5. The van der Waals surface area contributed by atoms with E-state index in [-0.39, 0.29) is 6.61 Å². The molecule has 3 heteroatoms. The van der Waals surface area contributed by atoms with Gasteiger partial charge in [-0.1, -0.05) is 42.5 Å². The Labute approximate surface area is 156 Å². The molecule has 136 valence electrons. The first-order valence-corrected chi connectivity index (χ1v) is 10.1. The highest BCUT2D eigenvalue weighted by Gasteiger charge is 2.38. The molecule has 1 fully saturated rings. The standard InChI is InChI=1S/C23H28N2O/c26-15-14-24-10-12-25(13-11-24)16-17-4-3-7-21-20-8-9-22(23(17)21)19-6-2-1-5-18(19)20/h1-7,20,22,26H,8-16H2. The summed E-state index contributed by atoms with van der Waals surface area (Å²) in [5.41, 5.74) is 7.93. The number of fused-ring (bicyclic) bond motifs is 1. The fourth-order valence-corrected chi connectivity index (χ4v) is 5.47. The molecule has 1 aliphatic heterocycles. The maximum Gasteiger partial charge on any atom is 0.0558 e. The monoisotopic (exact) mass is 348 g/mol. The van der Waals surface area contributed by atoms with Gasteiger partial charge in [0.05, 0.1) is 6.61 Å². The van der Waals surface area contributed by atoms with Crippen LogP contribution in [0.5, 0.6) is 0 Å². The van der Waals surface area contributed by atoms with E-state index in [4.69, 9.17) is 5.11 Å². The van der Waals surface area contributed by atoms with Crippen molar-refractivity contribution in [3.63, 3.8) is 0 Å². The van der Waals surface area contributed by atoms with Gasteiger partial charge in [-0.2, -0.15) is 0 Å². The molecule has 1 heterocycles. The van der Waals surface area contributed by atoms with Crippen LogP contribution in [0, 0.1) is 0 Å². The summed E-state index contributed by atoms with van der Waals surface area (Å²) in [6.07, 6.45) is 2.61. The Morgan fingerprint density at radius 2 is 1.42 bits per heavy atom. The summed E-state index contributed by atoms with van der Waals surface area (Å²) in [6, 6.07) is 16.1. The molecule has 2 aromatic carbocycles. The van der Waals surface area contributed by atoms with Gasteiger partial charge in [0.1, 0.15) is 0 Å². The van der Waals surface area contributed by atoms with Crippen molar-refractivity contribution in [3.8, 4) is 0 Å². The Balaban J connectivity index is 1.41. The van der Waals surface area contributed by atoms with E-state index in [1.165, 1.54) is 12.8 Å². The Hall–Kier alpha value is -1.68. The minimum atomic E-state index is 0.272. The molecule has 1 N–H and O–H groups in total. The number of hydrogen-bond donors (Lipinski definition) is 1. The molecule has 2 bridgehead atoms. The lowest BCUT2D eigenvalue weighted by Crippen LogP contribution is -2.46. The first-order valence-electron chi connectivity index (χ1n) is 10.1. The van der Waals surface area contributed by atoms with E-state index in [2.05, 4.69) is 52.3 Å². The van der Waals surface area contributed by atoms with Crippen LogP contribution in [-0.4, -0.2) is 54.2 Å². The lowest BCUT2D eigenvalue weighted by Gasteiger charge is -2.42. The minimum absolute atomic E-state index is 0.272. The SMILES string of the molecule is OCCN1CCN(Cc2cccc3c2C2CCC3c3ccccc32)CC1. The summed E-state index contributed by atoms with van der Waals surface area (Å²) in [5.74, 6) is 1.20. The molecule has 0 aromatic heterocycles. The zero-order chi connectivity index (χ0) is 17.5. The van der Waals surface area contributed by atoms with Crippen LogP contribution in [-0.2, 0) is 6.54 Å². The Morgan fingerprint density at radius 1 is 0.769 bits per heavy atom. The van der Waals surface area contributed by atoms with Crippen LogP contribution in [0.2, 0.25) is 0 Å². The van der Waals surface area contributed by atoms with Crippen molar-refractivity contribution < 1.29 is 5.11 Å². The molecule has 2 unspecified atom stereocenters. The maximum atomic E-state index is 9.14. The Kier molecular flexibility index (Phi) is 4.32. The van der Waals surface area contributed by atoms with E-state index in [0.29, 0.717) is 11.8 Å². The lowest BCUT2D eigenvalue weighted by molar-refractivity contribution is 0.108. The third kappa shape index (κ3) is 2.70. The van der Waals surface area contributed by atoms with Crippen molar-refractivity contribution in [2.24, 2.45) is 0 Å². The van der Waals surface area contributed by atoms with Gasteiger partial charge in [0.25, 0.3) is 0 Å². The van der Waals surface area contributed by atoms with Crippen LogP contribution < -0.4 is 0 Å². The zero-order valence-electron chi connectivity index (χ0n) is 15.4. The van der Waals surface area contributed by atoms with Crippen molar-refractivity contribution in [2.75, 3.05) is 39.3 Å². The van der Waals surface area contributed by atoms with Crippen LogP contribution in [0.1, 0.15) is 52.5 Å². The largest absolute Gasteiger partial charge is 0.395 e. The normalized spacial score (nSPS) is 25.1. The highest BCUT2D eigenvalue weighted by Crippen LogP contribution is 2.53. The number of nitrogens with zero attached hydrogens (tertiary/aromatic N) is 2. The van der Waals surface area contributed by atoms with Crippen LogP contribution in [0.4, 0.5) is 0 Å². The average Bonchev–Trinajstić information content (AvgIpc) is 2.70. The first-order chi connectivity index (χ1) is 12.8. The average molecular weight is 348 g/mol. The fourth-order valence-electron chi connectivity index (χ4n) is 5.47. The number of piperazine rings is 1. The van der Waals surface area contributed by atoms with Gasteiger partial charge in [0, 0.05) is 51.1 Å². The smallest absolute Gasteiger partial charge is 0.0558 e. The quantitative estimate of drug-likeness (QED) is 0.919. The third-order valence-corrected chi connectivity index (χ3v) is 6.72. The van der Waals surface area contributed by atoms with Crippen molar-refractivity contribution in [1.82, 2.24) is 9.80 Å². The molecule has 1 saturated heterocycles. The van der Waals surface area contributed by atoms with E-state index in [1.807, 2.05) is 0 Å². The molecular weight excluding hydrogens is 320 g/mol. The molecule has 2 aromatic rings. The molecule has 6 rings (SSSR count). The van der Waals surface area contributed by atoms with Gasteiger partial charge >= 0.3 is 0 Å². The van der Waals surface area contributed by atoms with Gasteiger partial charge in [0.2, 0.25) is 0 Å². The van der Waals surface area contributed by atoms with Gasteiger partial charge in [0.15, 0.2) is 0 Å². The van der Waals surface area contributed by atoms with Crippen molar-refractivity contribution >= 4 is 0 Å². The summed E-state index contributed by atoms with van der Waals surface area (Å²) in [4.78, 5) is 4.97. The second kappa shape index (κ2) is 6.80. The second-order valence-electron chi connectivity index (χ2n) is 8.07. The third-order valence-electron chi connectivity index (χ3n) is 6.72. The molecule has 0 saturated carbocycles. The molecule has 3 aliphatic carbocycles. The summed E-state index contributed by atoms with van der Waals surface area (Å²) in [5, 5.41) is 9.14. The van der Waals surface area contributed by atoms with E-state index in [1.54, 1.807) is 27.8 Å². The number of benzene rings is 2. The number of hydrogen-bond acceptors (Lipinski definition) is 3. The summed E-state index contributed by atoms with van der Waals surface area (Å²) >= 11 is 0. The molecule has 0 amide bonds. The van der Waals surface area contributed by atoms with Crippen LogP contribution in [0.15, 0.2) is 42.5 Å². The summed E-state index contributed by atoms with van der Waals surface area (Å²) in [7, 11) is 0. The van der Waals surface area contributed by atoms with Crippen LogP contribution in [0.3, 0.4) is 0 Å². The van der Waals surface area contributed by atoms with Crippen molar-refractivity contribution in [2.45, 2.75) is 31.2 Å². The van der Waals surface area contributed by atoms with Crippen molar-refractivity contribution in [3.05, 3.63) is 70.3 Å². The highest BCUT2D eigenvalue weighted by atomic mass is 16.3. The number of aliphatic hydroxyl groups is 1. The van der Waals surface area contributed by atoms with Gasteiger partial charge < -0.3 is 5.11 Å². The van der Waals surface area contributed by atoms with E-state index >= 15 is 0 Å². The second-order valence-corrected chi connectivity index (χ2v) is 8.07. The van der Waals surface area contributed by atoms with E-state index < -0.39 is 0 Å². The summed E-state index contributed by atoms with van der Waals surface area (Å²) < 4.78 is 0. The molecule has 4 aliphatic rings. The Bertz CT molecular complexity index is 795. The molecular formula is C23H28N2O. The molecule has 0 spiro atoms. The van der Waals surface area contributed by atoms with E-state index in [0.717, 1.165) is 39.3 Å². The molecule has 0 radical (unpaired) electrons. The predicted molar refractivity (Wildman–Crippen MR) is 105 cm³/mol. The van der Waals surface area contributed by atoms with Crippen LogP contribution in [0.25, 0.3) is 0 Å². The number of rotatable bonds is 4. The van der Waals surface area contributed by atoms with E-state index in [9.17, 15) is 0 Å². The van der Waals surface area contributed by atoms with Crippen molar-refractivity contribution in [1.29, 1.82) is 0 Å². The van der Waals surface area contributed by atoms with Gasteiger partial charge in [-0.15, -0.1) is 0 Å². The highest BCUT2D eigenvalue weighted by molar-refractivity contribution is 5.57. The minimum Gasteiger partial charge on any atom is -0.395 e. The van der Waals surface area contributed by atoms with Gasteiger partial charge in [-0.05, 0) is 40.7 Å². The van der Waals surface area contributed by atoms with Crippen LogP contribution >= 0.6 is 0 Å². The number of aliphatic hydroxyl groups excluding tert-OH is 1. The number of β-amino-alcohol motifs (C(OH)–C–C–N with tert-alkyl or cyclic N) is 1. The van der Waals surface area contributed by atoms with Gasteiger partial charge in [-0.3, -0.25) is 9.80 Å². The lowest BCUT2D eigenvalue weighted by atomic mass is 9.63. The maximum absolute atomic E-state index is 9.14. The zero-order valence-corrected chi connectivity index (χ0v) is 15.4. The van der Waals surface area contributed by atoms with Gasteiger partial charge in [-0.25, -0.2) is 0 Å².